The van der Waals surface area contributed by atoms with Gasteiger partial charge in [0, 0.05) is 66.3 Å². The molecule has 1 atom stereocenters. The van der Waals surface area contributed by atoms with Crippen molar-refractivity contribution < 1.29 is 19.0 Å². The van der Waals surface area contributed by atoms with Gasteiger partial charge in [-0.25, -0.2) is 18.9 Å². The second-order valence-electron chi connectivity index (χ2n) is 9.85. The maximum Gasteiger partial charge on any atom is 0.356 e. The van der Waals surface area contributed by atoms with Crippen LogP contribution in [-0.4, -0.2) is 44.9 Å². The fourth-order valence-corrected chi connectivity index (χ4v) is 5.02. The number of rotatable bonds is 10. The van der Waals surface area contributed by atoms with Gasteiger partial charge in [0.15, 0.2) is 5.69 Å². The molecule has 1 unspecified atom stereocenters. The third kappa shape index (κ3) is 5.85. The quantitative estimate of drug-likeness (QED) is 0.180. The second kappa shape index (κ2) is 10.5. The Morgan fingerprint density at radius 2 is 2.03 bits per heavy atom. The van der Waals surface area contributed by atoms with E-state index in [9.17, 15) is 9.90 Å². The summed E-state index contributed by atoms with van der Waals surface area (Å²) >= 11 is 3.30. The van der Waals surface area contributed by atoms with Crippen LogP contribution in [0.15, 0.2) is 53.4 Å². The number of ether oxygens (including phenoxy) is 1. The number of fused-ring (bicyclic) bond motifs is 1. The predicted molar refractivity (Wildman–Crippen MR) is 143 cm³/mol. The fraction of sp³-hybridized carbons (Fsp3) is 0.320. The van der Waals surface area contributed by atoms with E-state index in [1.165, 1.54) is 10.7 Å². The summed E-state index contributed by atoms with van der Waals surface area (Å²) in [5, 5.41) is 17.7. The number of carboxylic acids is 1. The molecule has 1 aromatic carbocycles. The van der Waals surface area contributed by atoms with Crippen molar-refractivity contribution in [3.63, 3.8) is 0 Å². The molecule has 0 aliphatic rings. The van der Waals surface area contributed by atoms with Crippen molar-refractivity contribution in [2.75, 3.05) is 11.9 Å². The average molecular weight is 575 g/mol. The van der Waals surface area contributed by atoms with Crippen LogP contribution in [0.3, 0.4) is 0 Å². The number of hydrogen-bond donors (Lipinski definition) is 2. The number of benzene rings is 1. The molecule has 0 saturated heterocycles. The number of imidazole rings is 1. The Kier molecular flexibility index (Phi) is 7.62. The highest BCUT2D eigenvalue weighted by molar-refractivity contribution is 9.10. The highest BCUT2D eigenvalue weighted by atomic mass is 79.9. The topological polar surface area (TPSA) is 93.7 Å². The molecular formula is C25H29BrFN5O3Si. The summed E-state index contributed by atoms with van der Waals surface area (Å²) in [6.45, 7) is 9.26. The first-order chi connectivity index (χ1) is 17.0. The first-order valence-corrected chi connectivity index (χ1v) is 16.1. The zero-order chi connectivity index (χ0) is 26.0. The number of anilines is 1. The number of carbonyl (C=O) groups is 1. The normalized spacial score (nSPS) is 12.7. The monoisotopic (exact) mass is 573 g/mol. The molecule has 3 heterocycles. The minimum atomic E-state index is -1.27. The Balaban J connectivity index is 1.75. The molecule has 36 heavy (non-hydrogen) atoms. The van der Waals surface area contributed by atoms with Crippen LogP contribution in [0.1, 0.15) is 33.4 Å². The van der Waals surface area contributed by atoms with Crippen LogP contribution in [0.2, 0.25) is 25.7 Å². The fourth-order valence-electron chi connectivity index (χ4n) is 3.93. The summed E-state index contributed by atoms with van der Waals surface area (Å²) in [4.78, 5) is 16.6. The lowest BCUT2D eigenvalue weighted by Gasteiger charge is -2.22. The highest BCUT2D eigenvalue weighted by Gasteiger charge is 2.30. The standard InChI is InChI=1S/C25H29BrFN5O3Si/c1-16-22(24(25(33)34)30-32(16)15-35-11-12-36(2,3)4)23(19-6-5-17(26)13-20(19)27)29-18-7-9-31-10-8-28-21(31)14-18/h5-10,13-14,23,29H,11-12,15H2,1-4H3,(H,33,34). The van der Waals surface area contributed by atoms with E-state index in [4.69, 9.17) is 4.74 Å². The van der Waals surface area contributed by atoms with Gasteiger partial charge in [0.2, 0.25) is 0 Å². The minimum Gasteiger partial charge on any atom is -0.476 e. The van der Waals surface area contributed by atoms with Gasteiger partial charge >= 0.3 is 5.97 Å². The minimum absolute atomic E-state index is 0.117. The molecule has 4 rings (SSSR count). The SMILES string of the molecule is Cc1c(C(Nc2ccn3ccnc3c2)c2ccc(Br)cc2F)c(C(=O)O)nn1COCC[Si](C)(C)C. The number of carboxylic acid groups (broad SMARTS) is 1. The molecule has 0 aliphatic carbocycles. The Labute approximate surface area is 218 Å². The summed E-state index contributed by atoms with van der Waals surface area (Å²) in [5.41, 5.74) is 2.48. The van der Waals surface area contributed by atoms with Gasteiger partial charge in [-0.3, -0.25) is 0 Å². The zero-order valence-electron chi connectivity index (χ0n) is 20.6. The van der Waals surface area contributed by atoms with Crippen LogP contribution >= 0.6 is 15.9 Å². The highest BCUT2D eigenvalue weighted by Crippen LogP contribution is 2.34. The first-order valence-electron chi connectivity index (χ1n) is 11.6. The molecule has 0 amide bonds. The van der Waals surface area contributed by atoms with Gasteiger partial charge in [0.05, 0.1) is 6.04 Å². The van der Waals surface area contributed by atoms with E-state index >= 15 is 4.39 Å². The third-order valence-corrected chi connectivity index (χ3v) is 8.13. The van der Waals surface area contributed by atoms with Crippen LogP contribution < -0.4 is 5.32 Å². The Hall–Kier alpha value is -3.02. The molecule has 0 saturated carbocycles. The summed E-state index contributed by atoms with van der Waals surface area (Å²) in [6.07, 6.45) is 5.34. The smallest absolute Gasteiger partial charge is 0.356 e. The lowest BCUT2D eigenvalue weighted by atomic mass is 9.95. The molecule has 11 heteroatoms. The van der Waals surface area contributed by atoms with Crippen LogP contribution in [-0.2, 0) is 11.5 Å². The van der Waals surface area contributed by atoms with Crippen molar-refractivity contribution in [3.05, 3.63) is 81.7 Å². The summed E-state index contributed by atoms with van der Waals surface area (Å²) < 4.78 is 25.1. The molecule has 3 aromatic heterocycles. The van der Waals surface area contributed by atoms with Gasteiger partial charge < -0.3 is 19.6 Å². The number of aromatic carboxylic acids is 1. The van der Waals surface area contributed by atoms with Crippen LogP contribution in [0.25, 0.3) is 5.65 Å². The molecule has 8 nitrogen and oxygen atoms in total. The molecule has 190 valence electrons. The van der Waals surface area contributed by atoms with E-state index in [2.05, 4.69) is 51.0 Å². The van der Waals surface area contributed by atoms with E-state index in [-0.39, 0.29) is 12.4 Å². The maximum atomic E-state index is 15.2. The molecular weight excluding hydrogens is 545 g/mol. The van der Waals surface area contributed by atoms with Crippen molar-refractivity contribution in [2.24, 2.45) is 0 Å². The van der Waals surface area contributed by atoms with Crippen molar-refractivity contribution >= 4 is 41.3 Å². The average Bonchev–Trinajstić information content (AvgIpc) is 3.39. The summed E-state index contributed by atoms with van der Waals surface area (Å²) in [7, 11) is -1.27. The third-order valence-electron chi connectivity index (χ3n) is 5.94. The van der Waals surface area contributed by atoms with E-state index < -0.39 is 25.9 Å². The second-order valence-corrected chi connectivity index (χ2v) is 16.4. The van der Waals surface area contributed by atoms with Crippen molar-refractivity contribution in [1.82, 2.24) is 19.2 Å². The molecule has 0 aliphatic heterocycles. The van der Waals surface area contributed by atoms with Crippen molar-refractivity contribution in [3.8, 4) is 0 Å². The molecule has 0 fully saturated rings. The van der Waals surface area contributed by atoms with Gasteiger partial charge in [-0.15, -0.1) is 0 Å². The van der Waals surface area contributed by atoms with Gasteiger partial charge in [0.25, 0.3) is 0 Å². The van der Waals surface area contributed by atoms with E-state index in [1.807, 2.05) is 28.9 Å². The molecule has 0 radical (unpaired) electrons. The van der Waals surface area contributed by atoms with E-state index in [0.717, 1.165) is 6.04 Å². The van der Waals surface area contributed by atoms with Crippen molar-refractivity contribution in [2.45, 2.75) is 45.4 Å². The maximum absolute atomic E-state index is 15.2. The number of aromatic nitrogens is 4. The zero-order valence-corrected chi connectivity index (χ0v) is 23.2. The molecule has 0 spiro atoms. The molecule has 4 aromatic rings. The van der Waals surface area contributed by atoms with Gasteiger partial charge in [-0.05, 0) is 31.2 Å². The first kappa shape index (κ1) is 26.1. The lowest BCUT2D eigenvalue weighted by molar-refractivity contribution is 0.0669. The lowest BCUT2D eigenvalue weighted by Crippen LogP contribution is -2.22. The largest absolute Gasteiger partial charge is 0.476 e. The van der Waals surface area contributed by atoms with E-state index in [1.54, 1.807) is 25.3 Å². The van der Waals surface area contributed by atoms with Gasteiger partial charge in [-0.2, -0.15) is 5.10 Å². The molecule has 0 bridgehead atoms. The van der Waals surface area contributed by atoms with Crippen molar-refractivity contribution in [1.29, 1.82) is 0 Å². The van der Waals surface area contributed by atoms with Crippen LogP contribution in [0.4, 0.5) is 10.1 Å². The summed E-state index contributed by atoms with van der Waals surface area (Å²) in [6, 6.07) is 8.54. The molecule has 2 N–H and O–H groups in total. The predicted octanol–water partition coefficient (Wildman–Crippen LogP) is 5.95. The number of pyridine rings is 1. The van der Waals surface area contributed by atoms with Crippen LogP contribution in [0, 0.1) is 12.7 Å². The summed E-state index contributed by atoms with van der Waals surface area (Å²) in [5.74, 6) is -1.67. The number of nitrogens with one attached hydrogen (secondary N) is 1. The number of halogens is 2. The number of hydrogen-bond acceptors (Lipinski definition) is 5. The van der Waals surface area contributed by atoms with Gasteiger partial charge in [0.1, 0.15) is 18.2 Å². The van der Waals surface area contributed by atoms with E-state index in [0.29, 0.717) is 39.2 Å². The van der Waals surface area contributed by atoms with Gasteiger partial charge in [-0.1, -0.05) is 41.6 Å². The Morgan fingerprint density at radius 1 is 1.25 bits per heavy atom. The Morgan fingerprint density at radius 3 is 2.72 bits per heavy atom. The van der Waals surface area contributed by atoms with Crippen LogP contribution in [0.5, 0.6) is 0 Å². The number of nitrogens with zero attached hydrogens (tertiary/aromatic N) is 4. The Bertz CT molecular complexity index is 1400.